The highest BCUT2D eigenvalue weighted by atomic mass is 16.5. The van der Waals surface area contributed by atoms with Gasteiger partial charge in [-0.25, -0.2) is 0 Å². The lowest BCUT2D eigenvalue weighted by Gasteiger charge is -2.27. The smallest absolute Gasteiger partial charge is 0.275 e. The third-order valence-electron chi connectivity index (χ3n) is 6.07. The monoisotopic (exact) mass is 416 g/mol. The predicted octanol–water partition coefficient (Wildman–Crippen LogP) is 4.00. The summed E-state index contributed by atoms with van der Waals surface area (Å²) in [4.78, 5) is 18.5. The van der Waals surface area contributed by atoms with E-state index in [2.05, 4.69) is 27.3 Å². The maximum absolute atomic E-state index is 13.3. The molecule has 5 rings (SSSR count). The SMILES string of the molecule is COc1ccc(OC)c([C@H]2c3c(n[nH]c3C)C(=O)N2CCc2c[nH]c3ccccc23)c1. The Hall–Kier alpha value is -3.74. The fraction of sp³-hybridized carbons (Fsp3) is 0.250. The first-order chi connectivity index (χ1) is 15.1. The molecule has 158 valence electrons. The van der Waals surface area contributed by atoms with Crippen molar-refractivity contribution in [2.45, 2.75) is 19.4 Å². The number of para-hydroxylation sites is 1. The van der Waals surface area contributed by atoms with Crippen molar-refractivity contribution in [3.05, 3.63) is 76.7 Å². The largest absolute Gasteiger partial charge is 0.497 e. The summed E-state index contributed by atoms with van der Waals surface area (Å²) in [6.45, 7) is 2.50. The molecule has 0 spiro atoms. The van der Waals surface area contributed by atoms with Crippen LogP contribution in [0.3, 0.4) is 0 Å². The van der Waals surface area contributed by atoms with Gasteiger partial charge in [-0.05, 0) is 43.2 Å². The Kier molecular flexibility index (Phi) is 4.66. The summed E-state index contributed by atoms with van der Waals surface area (Å²) in [5.74, 6) is 1.35. The van der Waals surface area contributed by atoms with Gasteiger partial charge in [-0.2, -0.15) is 5.10 Å². The van der Waals surface area contributed by atoms with Crippen LogP contribution in [0.4, 0.5) is 0 Å². The molecule has 0 fully saturated rings. The second kappa shape index (κ2) is 7.50. The van der Waals surface area contributed by atoms with E-state index in [-0.39, 0.29) is 11.9 Å². The van der Waals surface area contributed by atoms with Gasteiger partial charge in [-0.1, -0.05) is 18.2 Å². The first-order valence-corrected chi connectivity index (χ1v) is 10.2. The summed E-state index contributed by atoms with van der Waals surface area (Å²) in [5, 5.41) is 8.46. The number of hydrogen-bond donors (Lipinski definition) is 2. The van der Waals surface area contributed by atoms with Crippen LogP contribution in [0.1, 0.15) is 38.9 Å². The minimum absolute atomic E-state index is 0.0749. The molecule has 0 saturated heterocycles. The number of H-pyrrole nitrogens is 2. The van der Waals surface area contributed by atoms with Gasteiger partial charge in [0.25, 0.3) is 5.91 Å². The van der Waals surface area contributed by atoms with Crippen molar-refractivity contribution in [2.75, 3.05) is 20.8 Å². The van der Waals surface area contributed by atoms with Crippen LogP contribution in [0.2, 0.25) is 0 Å². The quantitative estimate of drug-likeness (QED) is 0.498. The molecule has 31 heavy (non-hydrogen) atoms. The van der Waals surface area contributed by atoms with Crippen LogP contribution in [-0.4, -0.2) is 46.8 Å². The minimum Gasteiger partial charge on any atom is -0.497 e. The van der Waals surface area contributed by atoms with Crippen molar-refractivity contribution in [3.63, 3.8) is 0 Å². The Balaban J connectivity index is 1.55. The van der Waals surface area contributed by atoms with E-state index in [0.717, 1.165) is 34.5 Å². The third kappa shape index (κ3) is 3.04. The molecule has 1 amide bonds. The van der Waals surface area contributed by atoms with Crippen molar-refractivity contribution in [1.29, 1.82) is 0 Å². The van der Waals surface area contributed by atoms with Gasteiger partial charge in [-0.3, -0.25) is 9.89 Å². The molecular formula is C24H24N4O3. The average molecular weight is 416 g/mol. The van der Waals surface area contributed by atoms with E-state index in [0.29, 0.717) is 18.0 Å². The number of ether oxygens (including phenoxy) is 2. The molecular weight excluding hydrogens is 392 g/mol. The number of nitrogens with one attached hydrogen (secondary N) is 2. The van der Waals surface area contributed by atoms with E-state index in [1.165, 1.54) is 10.9 Å². The van der Waals surface area contributed by atoms with Gasteiger partial charge in [0.05, 0.1) is 20.3 Å². The molecule has 1 aliphatic rings. The number of benzene rings is 2. The van der Waals surface area contributed by atoms with E-state index in [9.17, 15) is 4.79 Å². The van der Waals surface area contributed by atoms with Gasteiger partial charge in [0, 0.05) is 40.5 Å². The molecule has 0 bridgehead atoms. The van der Waals surface area contributed by atoms with E-state index in [4.69, 9.17) is 9.47 Å². The van der Waals surface area contributed by atoms with Gasteiger partial charge in [-0.15, -0.1) is 0 Å². The summed E-state index contributed by atoms with van der Waals surface area (Å²) < 4.78 is 11.1. The van der Waals surface area contributed by atoms with Gasteiger partial charge >= 0.3 is 0 Å². The molecule has 1 aliphatic heterocycles. The normalized spacial score (nSPS) is 15.5. The Morgan fingerprint density at radius 3 is 2.77 bits per heavy atom. The molecule has 2 N–H and O–H groups in total. The average Bonchev–Trinajstić information content (AvgIpc) is 3.46. The molecule has 1 atom stereocenters. The zero-order valence-electron chi connectivity index (χ0n) is 17.7. The van der Waals surface area contributed by atoms with E-state index in [1.54, 1.807) is 14.2 Å². The number of aromatic amines is 2. The second-order valence-electron chi connectivity index (χ2n) is 7.73. The number of fused-ring (bicyclic) bond motifs is 2. The number of nitrogens with zero attached hydrogens (tertiary/aromatic N) is 2. The molecule has 7 nitrogen and oxygen atoms in total. The first kappa shape index (κ1) is 19.2. The van der Waals surface area contributed by atoms with Gasteiger partial charge in [0.1, 0.15) is 11.5 Å². The van der Waals surface area contributed by atoms with Crippen LogP contribution >= 0.6 is 0 Å². The highest BCUT2D eigenvalue weighted by Gasteiger charge is 2.42. The maximum atomic E-state index is 13.3. The lowest BCUT2D eigenvalue weighted by Crippen LogP contribution is -2.31. The molecule has 4 aromatic rings. The van der Waals surface area contributed by atoms with E-state index >= 15 is 0 Å². The van der Waals surface area contributed by atoms with E-state index in [1.807, 2.05) is 48.4 Å². The number of carbonyl (C=O) groups excluding carboxylic acids is 1. The van der Waals surface area contributed by atoms with Crippen LogP contribution in [0, 0.1) is 6.92 Å². The van der Waals surface area contributed by atoms with Crippen molar-refractivity contribution in [1.82, 2.24) is 20.1 Å². The van der Waals surface area contributed by atoms with Crippen molar-refractivity contribution in [2.24, 2.45) is 0 Å². The summed E-state index contributed by atoms with van der Waals surface area (Å²) in [5.41, 5.74) is 5.43. The maximum Gasteiger partial charge on any atom is 0.275 e. The van der Waals surface area contributed by atoms with E-state index < -0.39 is 0 Å². The number of rotatable bonds is 6. The van der Waals surface area contributed by atoms with Crippen LogP contribution in [0.5, 0.6) is 11.5 Å². The number of aryl methyl sites for hydroxylation is 1. The number of methoxy groups -OCH3 is 2. The van der Waals surface area contributed by atoms with Crippen LogP contribution in [-0.2, 0) is 6.42 Å². The predicted molar refractivity (Wildman–Crippen MR) is 118 cm³/mol. The third-order valence-corrected chi connectivity index (χ3v) is 6.07. The van der Waals surface area contributed by atoms with Gasteiger partial charge in [0.15, 0.2) is 5.69 Å². The number of hydrogen-bond acceptors (Lipinski definition) is 4. The summed E-state index contributed by atoms with van der Waals surface area (Å²) in [7, 11) is 3.27. The van der Waals surface area contributed by atoms with Crippen LogP contribution < -0.4 is 9.47 Å². The summed E-state index contributed by atoms with van der Waals surface area (Å²) >= 11 is 0. The molecule has 0 radical (unpaired) electrons. The Morgan fingerprint density at radius 2 is 1.97 bits per heavy atom. The summed E-state index contributed by atoms with van der Waals surface area (Å²) in [6.07, 6.45) is 2.75. The number of amides is 1. The Bertz CT molecular complexity index is 1270. The van der Waals surface area contributed by atoms with Crippen LogP contribution in [0.15, 0.2) is 48.7 Å². The number of aromatic nitrogens is 3. The molecule has 2 aromatic carbocycles. The Morgan fingerprint density at radius 1 is 1.13 bits per heavy atom. The highest BCUT2D eigenvalue weighted by Crippen LogP contribution is 2.43. The van der Waals surface area contributed by atoms with Gasteiger partial charge < -0.3 is 19.4 Å². The topological polar surface area (TPSA) is 83.2 Å². The summed E-state index contributed by atoms with van der Waals surface area (Å²) in [6, 6.07) is 13.6. The number of carbonyl (C=O) groups is 1. The molecule has 7 heteroatoms. The van der Waals surface area contributed by atoms with Crippen LogP contribution in [0.25, 0.3) is 10.9 Å². The lowest BCUT2D eigenvalue weighted by molar-refractivity contribution is 0.0744. The standard InChI is InChI=1S/C24H24N4O3/c1-14-21-22(27-26-14)24(29)28(11-10-15-13-25-19-7-5-4-6-17(15)19)23(21)18-12-16(30-2)8-9-20(18)31-3/h4-9,12-13,23,25H,10-11H2,1-3H3,(H,26,27)/t23-/m0/s1. The lowest BCUT2D eigenvalue weighted by atomic mass is 9.97. The van der Waals surface area contributed by atoms with Gasteiger partial charge in [0.2, 0.25) is 0 Å². The van der Waals surface area contributed by atoms with Crippen molar-refractivity contribution >= 4 is 16.8 Å². The second-order valence-corrected chi connectivity index (χ2v) is 7.73. The molecule has 0 unspecified atom stereocenters. The zero-order valence-corrected chi connectivity index (χ0v) is 17.7. The molecule has 2 aromatic heterocycles. The molecule has 3 heterocycles. The Labute approximate surface area is 180 Å². The zero-order chi connectivity index (χ0) is 21.5. The minimum atomic E-state index is -0.295. The first-order valence-electron chi connectivity index (χ1n) is 10.2. The van der Waals surface area contributed by atoms with Crippen molar-refractivity contribution < 1.29 is 14.3 Å². The van der Waals surface area contributed by atoms with Crippen molar-refractivity contribution in [3.8, 4) is 11.5 Å². The fourth-order valence-corrected chi connectivity index (χ4v) is 4.53. The fourth-order valence-electron chi connectivity index (χ4n) is 4.53. The highest BCUT2D eigenvalue weighted by molar-refractivity contribution is 5.98. The molecule has 0 aliphatic carbocycles. The molecule has 0 saturated carbocycles.